The molecular formula is C22H25ClN2O4S2. The van der Waals surface area contributed by atoms with Crippen LogP contribution in [0.25, 0.3) is 0 Å². The first-order valence-electron chi connectivity index (χ1n) is 9.81. The minimum absolute atomic E-state index is 0.181. The van der Waals surface area contributed by atoms with Gasteiger partial charge in [-0.05, 0) is 55.8 Å². The van der Waals surface area contributed by atoms with E-state index >= 15 is 0 Å². The predicted octanol–water partition coefficient (Wildman–Crippen LogP) is 5.37. The fraction of sp³-hybridized carbons (Fsp3) is 0.318. The Balaban J connectivity index is 1.75. The summed E-state index contributed by atoms with van der Waals surface area (Å²) < 4.78 is 39.0. The fourth-order valence-electron chi connectivity index (χ4n) is 2.91. The number of sulfonamides is 1. The van der Waals surface area contributed by atoms with E-state index in [1.54, 1.807) is 43.5 Å². The highest BCUT2D eigenvalue weighted by Crippen LogP contribution is 2.25. The van der Waals surface area contributed by atoms with Gasteiger partial charge >= 0.3 is 0 Å². The van der Waals surface area contributed by atoms with Gasteiger partial charge in [-0.3, -0.25) is 0 Å². The second-order valence-corrected chi connectivity index (χ2v) is 10.2. The molecule has 0 saturated heterocycles. The first-order chi connectivity index (χ1) is 14.8. The van der Waals surface area contributed by atoms with Crippen LogP contribution in [0.5, 0.6) is 11.5 Å². The molecule has 2 aromatic carbocycles. The van der Waals surface area contributed by atoms with Gasteiger partial charge in [0.25, 0.3) is 0 Å². The number of halogens is 1. The molecule has 0 spiro atoms. The quantitative estimate of drug-likeness (QED) is 0.390. The van der Waals surface area contributed by atoms with Crippen molar-refractivity contribution in [3.05, 3.63) is 69.6 Å². The third-order valence-electron chi connectivity index (χ3n) is 4.82. The number of hydrogen-bond donors (Lipinski definition) is 0. The fourth-order valence-corrected chi connectivity index (χ4v) is 5.47. The average Bonchev–Trinajstić information content (AvgIpc) is 3.23. The Morgan fingerprint density at radius 3 is 2.55 bits per heavy atom. The van der Waals surface area contributed by atoms with Crippen molar-refractivity contribution in [3.8, 4) is 11.5 Å². The normalized spacial score (nSPS) is 12.7. The van der Waals surface area contributed by atoms with Crippen LogP contribution in [-0.4, -0.2) is 30.9 Å². The highest BCUT2D eigenvalue weighted by molar-refractivity contribution is 7.89. The summed E-state index contributed by atoms with van der Waals surface area (Å²) in [5.41, 5.74) is 0.687. The van der Waals surface area contributed by atoms with Crippen LogP contribution in [0.2, 0.25) is 5.02 Å². The summed E-state index contributed by atoms with van der Waals surface area (Å²) in [4.78, 5) is 4.80. The molecule has 166 valence electrons. The molecule has 1 atom stereocenters. The highest BCUT2D eigenvalue weighted by Gasteiger charge is 2.29. The molecule has 9 heteroatoms. The molecule has 0 aliphatic carbocycles. The maximum absolute atomic E-state index is 13.3. The lowest BCUT2D eigenvalue weighted by atomic mass is 10.2. The summed E-state index contributed by atoms with van der Waals surface area (Å²) in [6, 6.07) is 13.4. The summed E-state index contributed by atoms with van der Waals surface area (Å²) in [5.74, 6) is 1.27. The van der Waals surface area contributed by atoms with E-state index in [0.29, 0.717) is 35.2 Å². The highest BCUT2D eigenvalue weighted by atomic mass is 35.5. The van der Waals surface area contributed by atoms with E-state index in [4.69, 9.17) is 21.1 Å². The van der Waals surface area contributed by atoms with E-state index in [2.05, 4.69) is 4.98 Å². The molecule has 0 N–H and O–H groups in total. The summed E-state index contributed by atoms with van der Waals surface area (Å²) >= 11 is 7.42. The van der Waals surface area contributed by atoms with Gasteiger partial charge in [-0.2, -0.15) is 4.31 Å². The molecule has 3 rings (SSSR count). The molecule has 0 saturated carbocycles. The third-order valence-corrected chi connectivity index (χ3v) is 7.90. The minimum atomic E-state index is -3.69. The topological polar surface area (TPSA) is 68.7 Å². The van der Waals surface area contributed by atoms with Crippen molar-refractivity contribution >= 4 is 33.0 Å². The Hall–Kier alpha value is -2.13. The molecule has 0 aliphatic heterocycles. The zero-order valence-corrected chi connectivity index (χ0v) is 20.0. The van der Waals surface area contributed by atoms with Crippen LogP contribution < -0.4 is 9.47 Å². The molecule has 1 aromatic heterocycles. The van der Waals surface area contributed by atoms with E-state index in [1.807, 2.05) is 31.4 Å². The molecule has 3 aromatic rings. The van der Waals surface area contributed by atoms with Crippen LogP contribution in [0.4, 0.5) is 0 Å². The van der Waals surface area contributed by atoms with Crippen LogP contribution in [0.3, 0.4) is 0 Å². The van der Waals surface area contributed by atoms with Crippen LogP contribution in [0, 0.1) is 0 Å². The van der Waals surface area contributed by atoms with Gasteiger partial charge in [0.2, 0.25) is 10.0 Å². The monoisotopic (exact) mass is 480 g/mol. The van der Waals surface area contributed by atoms with Crippen LogP contribution >= 0.6 is 22.9 Å². The number of rotatable bonds is 10. The van der Waals surface area contributed by atoms with Crippen molar-refractivity contribution in [1.82, 2.24) is 9.29 Å². The van der Waals surface area contributed by atoms with E-state index in [1.165, 1.54) is 15.6 Å². The lowest BCUT2D eigenvalue weighted by molar-refractivity contribution is 0.302. The van der Waals surface area contributed by atoms with E-state index < -0.39 is 10.0 Å². The Morgan fingerprint density at radius 1 is 1.16 bits per heavy atom. The van der Waals surface area contributed by atoms with Crippen molar-refractivity contribution in [1.29, 1.82) is 0 Å². The molecule has 31 heavy (non-hydrogen) atoms. The predicted molar refractivity (Wildman–Crippen MR) is 123 cm³/mol. The number of nitrogens with zero attached hydrogens (tertiary/aromatic N) is 2. The van der Waals surface area contributed by atoms with Gasteiger partial charge in [0.1, 0.15) is 23.1 Å². The summed E-state index contributed by atoms with van der Waals surface area (Å²) in [6.45, 7) is 4.35. The molecule has 0 unspecified atom stereocenters. The summed E-state index contributed by atoms with van der Waals surface area (Å²) in [7, 11) is -2.14. The van der Waals surface area contributed by atoms with Crippen molar-refractivity contribution in [2.75, 3.05) is 7.11 Å². The summed E-state index contributed by atoms with van der Waals surface area (Å²) in [5, 5.41) is 3.24. The molecule has 6 nitrogen and oxygen atoms in total. The minimum Gasteiger partial charge on any atom is -0.497 e. The molecule has 0 amide bonds. The number of aromatic nitrogens is 1. The zero-order valence-electron chi connectivity index (χ0n) is 17.6. The Labute approximate surface area is 192 Å². The molecule has 0 bridgehead atoms. The van der Waals surface area contributed by atoms with Crippen molar-refractivity contribution in [2.45, 2.75) is 44.4 Å². The first-order valence-corrected chi connectivity index (χ1v) is 12.5. The molecule has 0 radical (unpaired) electrons. The van der Waals surface area contributed by atoms with Gasteiger partial charge < -0.3 is 9.47 Å². The second kappa shape index (κ2) is 10.5. The molecular weight excluding hydrogens is 456 g/mol. The number of hydrogen-bond acceptors (Lipinski definition) is 6. The standard InChI is InChI=1S/C22H25ClN2O4S2/c1-4-16(2)25(31(26,27)21-10-8-19(28-3)9-11-21)13-18-15-30-22(24-18)14-29-20-7-5-6-17(23)12-20/h5-12,15-16H,4,13-14H2,1-3H3/t16-/m0/s1. The Kier molecular flexibility index (Phi) is 7.94. The Bertz CT molecular complexity index is 1100. The Morgan fingerprint density at radius 2 is 1.90 bits per heavy atom. The maximum Gasteiger partial charge on any atom is 0.243 e. The first kappa shape index (κ1) is 23.5. The van der Waals surface area contributed by atoms with Crippen LogP contribution in [-0.2, 0) is 23.2 Å². The van der Waals surface area contributed by atoms with Gasteiger partial charge in [0.15, 0.2) is 0 Å². The van der Waals surface area contributed by atoms with Gasteiger partial charge in [-0.1, -0.05) is 24.6 Å². The van der Waals surface area contributed by atoms with E-state index in [9.17, 15) is 8.42 Å². The second-order valence-electron chi connectivity index (χ2n) is 6.96. The average molecular weight is 481 g/mol. The van der Waals surface area contributed by atoms with Crippen LogP contribution in [0.15, 0.2) is 58.8 Å². The maximum atomic E-state index is 13.3. The summed E-state index contributed by atoms with van der Waals surface area (Å²) in [6.07, 6.45) is 0.685. The van der Waals surface area contributed by atoms with Gasteiger partial charge in [-0.25, -0.2) is 13.4 Å². The number of ether oxygens (including phenoxy) is 2. The van der Waals surface area contributed by atoms with Crippen molar-refractivity contribution in [3.63, 3.8) is 0 Å². The SMILES string of the molecule is CC[C@H](C)N(Cc1csc(COc2cccc(Cl)c2)n1)S(=O)(=O)c1ccc(OC)cc1. The third kappa shape index (κ3) is 5.98. The van der Waals surface area contributed by atoms with Gasteiger partial charge in [0.05, 0.1) is 24.2 Å². The lowest BCUT2D eigenvalue weighted by Gasteiger charge is -2.27. The largest absolute Gasteiger partial charge is 0.497 e. The number of benzene rings is 2. The molecule has 0 fully saturated rings. The molecule has 1 heterocycles. The van der Waals surface area contributed by atoms with E-state index in [-0.39, 0.29) is 17.5 Å². The molecule has 0 aliphatic rings. The lowest BCUT2D eigenvalue weighted by Crippen LogP contribution is -2.37. The smallest absolute Gasteiger partial charge is 0.243 e. The van der Waals surface area contributed by atoms with E-state index in [0.717, 1.165) is 5.01 Å². The van der Waals surface area contributed by atoms with Crippen LogP contribution in [0.1, 0.15) is 31.0 Å². The van der Waals surface area contributed by atoms with Gasteiger partial charge in [-0.15, -0.1) is 11.3 Å². The van der Waals surface area contributed by atoms with Crippen molar-refractivity contribution < 1.29 is 17.9 Å². The number of thiazole rings is 1. The van der Waals surface area contributed by atoms with Gasteiger partial charge in [0, 0.05) is 16.4 Å². The van der Waals surface area contributed by atoms with Crippen molar-refractivity contribution in [2.24, 2.45) is 0 Å². The zero-order chi connectivity index (χ0) is 22.4. The number of methoxy groups -OCH3 is 1.